The summed E-state index contributed by atoms with van der Waals surface area (Å²) in [6.07, 6.45) is 0. The molecule has 0 unspecified atom stereocenters. The molecule has 0 bridgehead atoms. The van der Waals surface area contributed by atoms with Crippen molar-refractivity contribution in [2.45, 2.75) is 0 Å². The lowest BCUT2D eigenvalue weighted by atomic mass is 9.98. The summed E-state index contributed by atoms with van der Waals surface area (Å²) in [5.41, 5.74) is 8.78. The number of hydrogen-bond acceptors (Lipinski definition) is 2. The van der Waals surface area contributed by atoms with Crippen LogP contribution in [0.3, 0.4) is 0 Å². The average Bonchev–Trinajstić information content (AvgIpc) is 3.67. The number of hydrogen-bond donors (Lipinski definition) is 0. The quantitative estimate of drug-likeness (QED) is 0.177. The Bertz CT molecular complexity index is 3370. The van der Waals surface area contributed by atoms with Crippen molar-refractivity contribution in [3.8, 4) is 17.2 Å². The molecule has 0 radical (unpaired) electrons. The SMILES string of the molecule is c1ccc(-c2nc(-n3c4cccc5c6cc7ccccc7c7c8ccccc8n(c8cccc3c8c54)c67)nc3c2ccc2ccccc23)cc1. The van der Waals surface area contributed by atoms with E-state index in [1.165, 1.54) is 59.6 Å². The summed E-state index contributed by atoms with van der Waals surface area (Å²) in [6, 6.07) is 56.9. The number of benzene rings is 8. The van der Waals surface area contributed by atoms with Gasteiger partial charge in [0.05, 0.1) is 38.8 Å². The van der Waals surface area contributed by atoms with E-state index in [2.05, 4.69) is 167 Å². The molecule has 0 fully saturated rings. The van der Waals surface area contributed by atoms with E-state index in [0.29, 0.717) is 5.95 Å². The molecule has 0 amide bonds. The Kier molecular flexibility index (Phi) is 4.94. The molecule has 0 saturated heterocycles. The highest BCUT2D eigenvalue weighted by Gasteiger charge is 2.24. The van der Waals surface area contributed by atoms with Crippen LogP contribution in [0.4, 0.5) is 0 Å². The van der Waals surface area contributed by atoms with Gasteiger partial charge >= 0.3 is 0 Å². The molecule has 8 aromatic carbocycles. The van der Waals surface area contributed by atoms with Gasteiger partial charge in [-0.15, -0.1) is 0 Å². The van der Waals surface area contributed by atoms with Gasteiger partial charge in [-0.2, -0.15) is 0 Å². The lowest BCUT2D eigenvalue weighted by Gasteiger charge is -2.13. The molecule has 4 nitrogen and oxygen atoms in total. The predicted octanol–water partition coefficient (Wildman–Crippen LogP) is 11.9. The zero-order valence-electron chi connectivity index (χ0n) is 26.8. The van der Waals surface area contributed by atoms with Crippen LogP contribution in [0.5, 0.6) is 0 Å². The van der Waals surface area contributed by atoms with E-state index in [1.54, 1.807) is 0 Å². The highest BCUT2D eigenvalue weighted by atomic mass is 15.2. The molecule has 0 atom stereocenters. The second-order valence-electron chi connectivity index (χ2n) is 13.3. The molecule has 0 spiro atoms. The van der Waals surface area contributed by atoms with Crippen molar-refractivity contribution in [3.05, 3.63) is 158 Å². The molecule has 12 aromatic rings. The Morgan fingerprint density at radius 3 is 1.92 bits per heavy atom. The third-order valence-corrected chi connectivity index (χ3v) is 10.8. The van der Waals surface area contributed by atoms with Gasteiger partial charge in [0.15, 0.2) is 0 Å². The Hall–Kier alpha value is -6.78. The standard InChI is InChI=1S/C46H26N4/c1-2-13-28(14-3-1)43-34-25-24-27-12-4-7-17-31(27)44(34)48-46(47-43)50-37-21-10-19-32-35-26-29-15-5-6-16-30(29)40-33-18-8-9-20-36(33)49(45(35)40)38-22-11-23-39(50)42(38)41(32)37/h1-26H. The Balaban J connectivity index is 1.33. The van der Waals surface area contributed by atoms with Gasteiger partial charge in [0.25, 0.3) is 0 Å². The van der Waals surface area contributed by atoms with E-state index in [1.807, 2.05) is 0 Å². The fraction of sp³-hybridized carbons (Fsp3) is 0. The van der Waals surface area contributed by atoms with E-state index in [-0.39, 0.29) is 0 Å². The summed E-state index contributed by atoms with van der Waals surface area (Å²) in [5.74, 6) is 0.670. The minimum Gasteiger partial charge on any atom is -0.308 e. The molecule has 0 aliphatic heterocycles. The minimum atomic E-state index is 0.670. The molecule has 0 saturated carbocycles. The molecule has 0 N–H and O–H groups in total. The van der Waals surface area contributed by atoms with Crippen molar-refractivity contribution in [3.63, 3.8) is 0 Å². The van der Waals surface area contributed by atoms with E-state index >= 15 is 0 Å². The van der Waals surface area contributed by atoms with Crippen molar-refractivity contribution in [2.24, 2.45) is 0 Å². The molecule has 12 rings (SSSR count). The first-order valence-corrected chi connectivity index (χ1v) is 17.1. The van der Waals surface area contributed by atoms with Crippen LogP contribution in [0, 0.1) is 0 Å². The predicted molar refractivity (Wildman–Crippen MR) is 209 cm³/mol. The van der Waals surface area contributed by atoms with E-state index in [9.17, 15) is 0 Å². The number of para-hydroxylation sites is 1. The largest absolute Gasteiger partial charge is 0.308 e. The Labute approximate surface area is 285 Å². The zero-order chi connectivity index (χ0) is 32.5. The maximum atomic E-state index is 5.44. The van der Waals surface area contributed by atoms with Crippen LogP contribution in [-0.2, 0) is 0 Å². The van der Waals surface area contributed by atoms with Crippen LogP contribution in [-0.4, -0.2) is 18.9 Å². The van der Waals surface area contributed by atoms with Crippen molar-refractivity contribution in [2.75, 3.05) is 0 Å². The number of rotatable bonds is 2. The average molecular weight is 635 g/mol. The second kappa shape index (κ2) is 9.43. The van der Waals surface area contributed by atoms with Crippen LogP contribution in [0.1, 0.15) is 0 Å². The maximum Gasteiger partial charge on any atom is 0.235 e. The number of fused-ring (bicyclic) bond motifs is 10. The van der Waals surface area contributed by atoms with Gasteiger partial charge in [0.2, 0.25) is 5.95 Å². The summed E-state index contributed by atoms with van der Waals surface area (Å²) < 4.78 is 4.79. The Morgan fingerprint density at radius 2 is 1.04 bits per heavy atom. The second-order valence-corrected chi connectivity index (χ2v) is 13.3. The van der Waals surface area contributed by atoms with E-state index in [0.717, 1.165) is 44.0 Å². The lowest BCUT2D eigenvalue weighted by Crippen LogP contribution is -2.04. The van der Waals surface area contributed by atoms with Gasteiger partial charge in [0, 0.05) is 43.3 Å². The molecular formula is C46H26N4. The van der Waals surface area contributed by atoms with Gasteiger partial charge in [-0.05, 0) is 57.9 Å². The maximum absolute atomic E-state index is 5.44. The first kappa shape index (κ1) is 26.2. The van der Waals surface area contributed by atoms with Gasteiger partial charge in [0.1, 0.15) is 0 Å². The van der Waals surface area contributed by atoms with Crippen LogP contribution in [0.25, 0.3) is 110 Å². The molecule has 0 aliphatic rings. The van der Waals surface area contributed by atoms with Crippen LogP contribution in [0.15, 0.2) is 158 Å². The van der Waals surface area contributed by atoms with E-state index < -0.39 is 0 Å². The highest BCUT2D eigenvalue weighted by molar-refractivity contribution is 6.35. The summed E-state index contributed by atoms with van der Waals surface area (Å²) in [7, 11) is 0. The monoisotopic (exact) mass is 634 g/mol. The number of nitrogens with zero attached hydrogens (tertiary/aromatic N) is 4. The molecule has 0 aliphatic carbocycles. The highest BCUT2D eigenvalue weighted by Crippen LogP contribution is 2.46. The summed E-state index contributed by atoms with van der Waals surface area (Å²) in [4.78, 5) is 10.9. The van der Waals surface area contributed by atoms with E-state index in [4.69, 9.17) is 9.97 Å². The fourth-order valence-corrected chi connectivity index (χ4v) is 8.78. The molecule has 4 aromatic heterocycles. The topological polar surface area (TPSA) is 35.1 Å². The molecule has 50 heavy (non-hydrogen) atoms. The minimum absolute atomic E-state index is 0.670. The zero-order valence-corrected chi connectivity index (χ0v) is 26.8. The summed E-state index contributed by atoms with van der Waals surface area (Å²) in [6.45, 7) is 0. The van der Waals surface area contributed by atoms with Crippen LogP contribution < -0.4 is 0 Å². The molecule has 230 valence electrons. The van der Waals surface area contributed by atoms with Gasteiger partial charge in [-0.25, -0.2) is 9.97 Å². The van der Waals surface area contributed by atoms with Crippen LogP contribution >= 0.6 is 0 Å². The summed E-state index contributed by atoms with van der Waals surface area (Å²) in [5, 5.41) is 13.3. The Morgan fingerprint density at radius 1 is 0.380 bits per heavy atom. The molecule has 4 heteroatoms. The van der Waals surface area contributed by atoms with Gasteiger partial charge in [-0.1, -0.05) is 121 Å². The first-order valence-electron chi connectivity index (χ1n) is 17.1. The third kappa shape index (κ3) is 3.25. The van der Waals surface area contributed by atoms with Crippen molar-refractivity contribution >= 4 is 92.3 Å². The fourth-order valence-electron chi connectivity index (χ4n) is 8.78. The summed E-state index contributed by atoms with van der Waals surface area (Å²) >= 11 is 0. The van der Waals surface area contributed by atoms with Crippen molar-refractivity contribution < 1.29 is 0 Å². The van der Waals surface area contributed by atoms with Gasteiger partial charge < -0.3 is 4.40 Å². The normalized spacial score (nSPS) is 12.4. The lowest BCUT2D eigenvalue weighted by molar-refractivity contribution is 1.02. The molecular weight excluding hydrogens is 609 g/mol. The van der Waals surface area contributed by atoms with Crippen molar-refractivity contribution in [1.82, 2.24) is 18.9 Å². The third-order valence-electron chi connectivity index (χ3n) is 10.8. The first-order chi connectivity index (χ1) is 24.8. The van der Waals surface area contributed by atoms with Crippen molar-refractivity contribution in [1.29, 1.82) is 0 Å². The number of aromatic nitrogens is 4. The van der Waals surface area contributed by atoms with Gasteiger partial charge in [-0.3, -0.25) is 4.57 Å². The molecule has 4 heterocycles. The smallest absolute Gasteiger partial charge is 0.235 e. The van der Waals surface area contributed by atoms with Crippen LogP contribution in [0.2, 0.25) is 0 Å².